The number of hydrogen-bond donors (Lipinski definition) is 1. The van der Waals surface area contributed by atoms with Crippen molar-refractivity contribution in [3.63, 3.8) is 0 Å². The first-order valence-electron chi connectivity index (χ1n) is 6.50. The Morgan fingerprint density at radius 3 is 3.06 bits per heavy atom. The van der Waals surface area contributed by atoms with Crippen LogP contribution >= 0.6 is 0 Å². The summed E-state index contributed by atoms with van der Waals surface area (Å²) >= 11 is 0. The molecule has 1 aromatic heterocycles. The summed E-state index contributed by atoms with van der Waals surface area (Å²) in [6, 6.07) is 0. The minimum Gasteiger partial charge on any atom is -0.393 e. The molecule has 1 heterocycles. The van der Waals surface area contributed by atoms with Crippen molar-refractivity contribution in [1.29, 1.82) is 0 Å². The lowest BCUT2D eigenvalue weighted by molar-refractivity contribution is 0.150. The van der Waals surface area contributed by atoms with E-state index < -0.39 is 0 Å². The molecule has 0 bridgehead atoms. The number of imidazole rings is 1. The van der Waals surface area contributed by atoms with Gasteiger partial charge in [-0.3, -0.25) is 0 Å². The Morgan fingerprint density at radius 1 is 1.44 bits per heavy atom. The number of rotatable bonds is 3. The molecule has 2 rings (SSSR count). The first kappa shape index (κ1) is 11.6. The van der Waals surface area contributed by atoms with Crippen LogP contribution in [0.2, 0.25) is 0 Å². The first-order chi connectivity index (χ1) is 7.81. The number of aliphatic hydroxyl groups excluding tert-OH is 1. The van der Waals surface area contributed by atoms with Gasteiger partial charge in [0, 0.05) is 24.9 Å². The maximum Gasteiger partial charge on any atom is 0.111 e. The molecule has 0 saturated heterocycles. The number of hydrogen-bond acceptors (Lipinski definition) is 2. The molecule has 1 aliphatic carbocycles. The minimum absolute atomic E-state index is 0.126. The smallest absolute Gasteiger partial charge is 0.111 e. The normalized spacial score (nSPS) is 26.6. The number of aliphatic hydroxyl groups is 1. The molecule has 1 aromatic rings. The quantitative estimate of drug-likeness (QED) is 0.798. The summed E-state index contributed by atoms with van der Waals surface area (Å²) < 4.78 is 2.25. The van der Waals surface area contributed by atoms with E-state index >= 15 is 0 Å². The second kappa shape index (κ2) is 5.48. The fourth-order valence-corrected chi connectivity index (χ4v) is 2.68. The SMILES string of the molecule is CCCn1ccnc1C1CCCCC(O)C1. The molecule has 0 radical (unpaired) electrons. The highest BCUT2D eigenvalue weighted by Gasteiger charge is 2.22. The summed E-state index contributed by atoms with van der Waals surface area (Å²) in [6.07, 6.45) is 10.4. The second-order valence-corrected chi connectivity index (χ2v) is 4.85. The predicted octanol–water partition coefficient (Wildman–Crippen LogP) is 2.70. The third-order valence-corrected chi connectivity index (χ3v) is 3.47. The van der Waals surface area contributed by atoms with Crippen LogP contribution < -0.4 is 0 Å². The van der Waals surface area contributed by atoms with Crippen LogP contribution in [0.3, 0.4) is 0 Å². The summed E-state index contributed by atoms with van der Waals surface area (Å²) in [4.78, 5) is 4.49. The van der Waals surface area contributed by atoms with Gasteiger partial charge in [-0.1, -0.05) is 19.8 Å². The van der Waals surface area contributed by atoms with Crippen LogP contribution in [0.1, 0.15) is 57.2 Å². The Balaban J connectivity index is 2.11. The van der Waals surface area contributed by atoms with Gasteiger partial charge in [-0.05, 0) is 25.7 Å². The van der Waals surface area contributed by atoms with Crippen LogP contribution in [0, 0.1) is 0 Å². The molecular formula is C13H22N2O. The molecule has 1 fully saturated rings. The molecule has 0 spiro atoms. The molecule has 2 atom stereocenters. The fraction of sp³-hybridized carbons (Fsp3) is 0.769. The monoisotopic (exact) mass is 222 g/mol. The van der Waals surface area contributed by atoms with E-state index in [0.717, 1.165) is 32.2 Å². The fourth-order valence-electron chi connectivity index (χ4n) is 2.68. The van der Waals surface area contributed by atoms with Crippen molar-refractivity contribution in [3.8, 4) is 0 Å². The summed E-state index contributed by atoms with van der Waals surface area (Å²) in [5.74, 6) is 1.64. The molecule has 3 nitrogen and oxygen atoms in total. The van der Waals surface area contributed by atoms with E-state index in [0.29, 0.717) is 5.92 Å². The van der Waals surface area contributed by atoms with Crippen molar-refractivity contribution >= 4 is 0 Å². The van der Waals surface area contributed by atoms with Crippen molar-refractivity contribution in [2.75, 3.05) is 0 Å². The Labute approximate surface area is 97.5 Å². The van der Waals surface area contributed by atoms with Gasteiger partial charge in [0.05, 0.1) is 6.10 Å². The van der Waals surface area contributed by atoms with E-state index in [-0.39, 0.29) is 6.10 Å². The zero-order valence-electron chi connectivity index (χ0n) is 10.1. The third-order valence-electron chi connectivity index (χ3n) is 3.47. The van der Waals surface area contributed by atoms with Crippen LogP contribution in [0.15, 0.2) is 12.4 Å². The molecule has 0 aliphatic heterocycles. The molecule has 16 heavy (non-hydrogen) atoms. The summed E-state index contributed by atoms with van der Waals surface area (Å²) in [6.45, 7) is 3.23. The zero-order valence-corrected chi connectivity index (χ0v) is 10.1. The zero-order chi connectivity index (χ0) is 11.4. The van der Waals surface area contributed by atoms with Crippen LogP contribution in [-0.2, 0) is 6.54 Å². The summed E-state index contributed by atoms with van der Waals surface area (Å²) in [7, 11) is 0. The van der Waals surface area contributed by atoms with Crippen LogP contribution in [-0.4, -0.2) is 20.8 Å². The van der Waals surface area contributed by atoms with Crippen molar-refractivity contribution in [2.24, 2.45) is 0 Å². The van der Waals surface area contributed by atoms with E-state index in [2.05, 4.69) is 22.7 Å². The van der Waals surface area contributed by atoms with Crippen LogP contribution in [0.5, 0.6) is 0 Å². The second-order valence-electron chi connectivity index (χ2n) is 4.85. The largest absolute Gasteiger partial charge is 0.393 e. The van der Waals surface area contributed by atoms with Gasteiger partial charge in [0.1, 0.15) is 5.82 Å². The number of aryl methyl sites for hydroxylation is 1. The molecule has 90 valence electrons. The lowest BCUT2D eigenvalue weighted by atomic mass is 9.98. The van der Waals surface area contributed by atoms with E-state index in [4.69, 9.17) is 0 Å². The highest BCUT2D eigenvalue weighted by Crippen LogP contribution is 2.30. The van der Waals surface area contributed by atoms with Crippen molar-refractivity contribution in [2.45, 2.75) is 64.0 Å². The standard InChI is InChI=1S/C13H22N2O/c1-2-8-15-9-7-14-13(15)11-5-3-4-6-12(16)10-11/h7,9,11-12,16H,2-6,8,10H2,1H3. The van der Waals surface area contributed by atoms with Gasteiger partial charge >= 0.3 is 0 Å². The lowest BCUT2D eigenvalue weighted by Gasteiger charge is -2.17. The van der Waals surface area contributed by atoms with Gasteiger partial charge in [0.2, 0.25) is 0 Å². The van der Waals surface area contributed by atoms with E-state index in [1.54, 1.807) is 0 Å². The van der Waals surface area contributed by atoms with E-state index in [9.17, 15) is 5.11 Å². The van der Waals surface area contributed by atoms with Crippen molar-refractivity contribution in [1.82, 2.24) is 9.55 Å². The minimum atomic E-state index is -0.126. The maximum absolute atomic E-state index is 9.84. The Hall–Kier alpha value is -0.830. The van der Waals surface area contributed by atoms with Gasteiger partial charge < -0.3 is 9.67 Å². The van der Waals surface area contributed by atoms with Crippen molar-refractivity contribution < 1.29 is 5.11 Å². The van der Waals surface area contributed by atoms with Gasteiger partial charge in [0.15, 0.2) is 0 Å². The Bertz CT molecular complexity index is 321. The van der Waals surface area contributed by atoms with Gasteiger partial charge in [-0.25, -0.2) is 4.98 Å². The lowest BCUT2D eigenvalue weighted by Crippen LogP contribution is -2.14. The molecule has 0 aromatic carbocycles. The molecule has 0 amide bonds. The molecule has 3 heteroatoms. The highest BCUT2D eigenvalue weighted by atomic mass is 16.3. The maximum atomic E-state index is 9.84. The summed E-state index contributed by atoms with van der Waals surface area (Å²) in [5, 5.41) is 9.84. The van der Waals surface area contributed by atoms with E-state index in [1.165, 1.54) is 18.7 Å². The summed E-state index contributed by atoms with van der Waals surface area (Å²) in [5.41, 5.74) is 0. The number of nitrogens with zero attached hydrogens (tertiary/aromatic N) is 2. The molecule has 1 saturated carbocycles. The van der Waals surface area contributed by atoms with Gasteiger partial charge in [-0.2, -0.15) is 0 Å². The Kier molecular flexibility index (Phi) is 3.99. The van der Waals surface area contributed by atoms with Crippen molar-refractivity contribution in [3.05, 3.63) is 18.2 Å². The predicted molar refractivity (Wildman–Crippen MR) is 64.4 cm³/mol. The third kappa shape index (κ3) is 2.64. The topological polar surface area (TPSA) is 38.0 Å². The van der Waals surface area contributed by atoms with Gasteiger partial charge in [0.25, 0.3) is 0 Å². The molecular weight excluding hydrogens is 200 g/mol. The molecule has 1 aliphatic rings. The highest BCUT2D eigenvalue weighted by molar-refractivity contribution is 5.02. The van der Waals surface area contributed by atoms with Gasteiger partial charge in [-0.15, -0.1) is 0 Å². The number of aromatic nitrogens is 2. The average Bonchev–Trinajstić information content (AvgIpc) is 2.61. The van der Waals surface area contributed by atoms with Crippen LogP contribution in [0.4, 0.5) is 0 Å². The average molecular weight is 222 g/mol. The molecule has 2 unspecified atom stereocenters. The van der Waals surface area contributed by atoms with Crippen LogP contribution in [0.25, 0.3) is 0 Å². The first-order valence-corrected chi connectivity index (χ1v) is 6.50. The van der Waals surface area contributed by atoms with E-state index in [1.807, 2.05) is 6.20 Å². The molecule has 1 N–H and O–H groups in total. The Morgan fingerprint density at radius 2 is 2.25 bits per heavy atom.